The van der Waals surface area contributed by atoms with Gasteiger partial charge in [0.15, 0.2) is 0 Å². The zero-order valence-electron chi connectivity index (χ0n) is 26.0. The molecule has 0 spiro atoms. The Labute approximate surface area is 262 Å². The van der Waals surface area contributed by atoms with Gasteiger partial charge in [-0.1, -0.05) is 69.3 Å². The van der Waals surface area contributed by atoms with Crippen LogP contribution in [0, 0.1) is 16.7 Å². The van der Waals surface area contributed by atoms with Crippen LogP contribution in [0.5, 0.6) is 0 Å². The zero-order valence-corrected chi connectivity index (χ0v) is 26.0. The van der Waals surface area contributed by atoms with E-state index in [9.17, 15) is 19.2 Å². The van der Waals surface area contributed by atoms with Gasteiger partial charge in [0, 0.05) is 41.9 Å². The molecule has 1 aromatic heterocycles. The Kier molecular flexibility index (Phi) is 10.2. The third-order valence-corrected chi connectivity index (χ3v) is 10.3. The summed E-state index contributed by atoms with van der Waals surface area (Å²) in [7, 11) is 0. The first-order valence-electron chi connectivity index (χ1n) is 15.3. The van der Waals surface area contributed by atoms with Gasteiger partial charge in [-0.3, -0.25) is 14.4 Å². The van der Waals surface area contributed by atoms with Crippen molar-refractivity contribution in [1.29, 1.82) is 0 Å². The highest BCUT2D eigenvalue weighted by atomic mass is 16.6. The van der Waals surface area contributed by atoms with E-state index < -0.39 is 36.0 Å². The lowest BCUT2D eigenvalue weighted by Gasteiger charge is -2.38. The van der Waals surface area contributed by atoms with Gasteiger partial charge < -0.3 is 36.3 Å². The summed E-state index contributed by atoms with van der Waals surface area (Å²) in [4.78, 5) is 53.8. The van der Waals surface area contributed by atoms with E-state index in [0.717, 1.165) is 41.3 Å². The Balaban J connectivity index is 0.00000461. The second kappa shape index (κ2) is 13.7. The quantitative estimate of drug-likeness (QED) is 0.204. The summed E-state index contributed by atoms with van der Waals surface area (Å²) < 4.78 is 6.02. The average Bonchev–Trinajstić information content (AvgIpc) is 3.57. The van der Waals surface area contributed by atoms with Crippen molar-refractivity contribution < 1.29 is 34.5 Å². The van der Waals surface area contributed by atoms with Crippen LogP contribution >= 0.6 is 0 Å². The van der Waals surface area contributed by atoms with Crippen molar-refractivity contribution >= 4 is 34.8 Å². The highest BCUT2D eigenvalue weighted by molar-refractivity contribution is 5.88. The summed E-state index contributed by atoms with van der Waals surface area (Å²) in [6.07, 6.45) is 3.69. The van der Waals surface area contributed by atoms with Crippen molar-refractivity contribution in [2.24, 2.45) is 16.7 Å². The zero-order chi connectivity index (χ0) is 31.5. The van der Waals surface area contributed by atoms with Crippen LogP contribution in [0.1, 0.15) is 70.0 Å². The number of hydrogen-bond acceptors (Lipinski definition) is 5. The van der Waals surface area contributed by atoms with Gasteiger partial charge in [-0.25, -0.2) is 4.79 Å². The molecule has 7 N–H and O–H groups in total. The molecule has 2 fully saturated rings. The van der Waals surface area contributed by atoms with Crippen LogP contribution in [0.4, 0.5) is 4.79 Å². The number of carbonyl (C=O) groups is 4. The van der Waals surface area contributed by atoms with Crippen molar-refractivity contribution in [2.75, 3.05) is 6.54 Å². The molecule has 45 heavy (non-hydrogen) atoms. The van der Waals surface area contributed by atoms with Crippen LogP contribution in [-0.4, -0.2) is 58.1 Å². The molecule has 2 bridgehead atoms. The number of nitrogens with one attached hydrogen (secondary N) is 4. The molecule has 2 saturated carbocycles. The van der Waals surface area contributed by atoms with Gasteiger partial charge in [-0.05, 0) is 47.8 Å². The lowest BCUT2D eigenvalue weighted by molar-refractivity contribution is -0.138. The summed E-state index contributed by atoms with van der Waals surface area (Å²) >= 11 is 0. The van der Waals surface area contributed by atoms with Crippen molar-refractivity contribution in [3.63, 3.8) is 0 Å². The first-order chi connectivity index (χ1) is 21.0. The molecule has 0 radical (unpaired) electrons. The first-order valence-corrected chi connectivity index (χ1v) is 15.3. The van der Waals surface area contributed by atoms with E-state index in [0.29, 0.717) is 5.92 Å². The largest absolute Gasteiger partial charge is 0.481 e. The van der Waals surface area contributed by atoms with Crippen LogP contribution < -0.4 is 16.0 Å². The number of carboxylic acids is 1. The number of benzene rings is 2. The minimum Gasteiger partial charge on any atom is -0.481 e. The molecule has 0 saturated heterocycles. The molecule has 2 aliphatic rings. The number of aromatic nitrogens is 1. The molecule has 0 aliphatic heterocycles. The topological polar surface area (TPSA) is 181 Å². The monoisotopic (exact) mass is 620 g/mol. The molecule has 2 aliphatic carbocycles. The number of fused-ring (bicyclic) bond motifs is 3. The van der Waals surface area contributed by atoms with E-state index in [-0.39, 0.29) is 48.2 Å². The number of H-pyrrole nitrogens is 1. The van der Waals surface area contributed by atoms with Crippen molar-refractivity contribution in [2.45, 2.75) is 77.5 Å². The summed E-state index contributed by atoms with van der Waals surface area (Å²) in [5.41, 5.74) is 2.50. The van der Waals surface area contributed by atoms with Gasteiger partial charge in [0.1, 0.15) is 12.1 Å². The van der Waals surface area contributed by atoms with Gasteiger partial charge in [0.2, 0.25) is 11.8 Å². The number of ether oxygens (including phenoxy) is 1. The number of carbonyl (C=O) groups excluding carboxylic acids is 3. The maximum atomic E-state index is 13.7. The molecular weight excluding hydrogens is 576 g/mol. The number of rotatable bonds is 12. The maximum absolute atomic E-state index is 13.7. The molecule has 11 nitrogen and oxygen atoms in total. The number of aromatic amines is 1. The third-order valence-electron chi connectivity index (χ3n) is 10.3. The van der Waals surface area contributed by atoms with Gasteiger partial charge in [0.25, 0.3) is 0 Å². The van der Waals surface area contributed by atoms with Crippen LogP contribution in [0.3, 0.4) is 0 Å². The van der Waals surface area contributed by atoms with Gasteiger partial charge in [0.05, 0.1) is 12.5 Å². The van der Waals surface area contributed by atoms with Crippen LogP contribution in [0.2, 0.25) is 0 Å². The SMILES string of the molecule is CC1(C)C2CCC1(C)[C@@H](OC(=O)N[C@@H](Cc1c[nH]c3ccccc13)C(=O)NC[C@H](NC(=O)CCC(=O)O)c1ccccc1)C2.O. The van der Waals surface area contributed by atoms with Crippen LogP contribution in [0.25, 0.3) is 10.9 Å². The standard InChI is InChI=1S/C34H42N4O6.H2O/c1-33(2)23-15-16-34(33,3)28(18-23)44-32(43)38-26(17-22-19-35-25-12-8-7-11-24(22)25)31(42)36-20-27(21-9-5-4-6-10-21)37-29(39)13-14-30(40)41;/h4-12,19,23,26-28,35H,13-18,20H2,1-3H3,(H,36,42)(H,37,39)(H,38,43)(H,40,41);1H2/t23?,26-,27-,28-,34?;/m0./s1. The number of amides is 3. The van der Waals surface area contributed by atoms with Crippen LogP contribution in [-0.2, 0) is 25.5 Å². The van der Waals surface area contributed by atoms with Gasteiger partial charge >= 0.3 is 12.1 Å². The molecule has 11 heteroatoms. The Hall–Kier alpha value is -4.38. The van der Waals surface area contributed by atoms with E-state index in [4.69, 9.17) is 9.84 Å². The molecule has 2 unspecified atom stereocenters. The fourth-order valence-corrected chi connectivity index (χ4v) is 7.09. The summed E-state index contributed by atoms with van der Waals surface area (Å²) in [6.45, 7) is 6.74. The van der Waals surface area contributed by atoms with Crippen molar-refractivity contribution in [3.05, 3.63) is 71.9 Å². The lowest BCUT2D eigenvalue weighted by Crippen LogP contribution is -2.51. The van der Waals surface area contributed by atoms with E-state index in [2.05, 4.69) is 41.7 Å². The number of para-hydroxylation sites is 1. The van der Waals surface area contributed by atoms with Gasteiger partial charge in [-0.15, -0.1) is 0 Å². The second-order valence-electron chi connectivity index (χ2n) is 12.9. The average molecular weight is 621 g/mol. The number of hydrogen-bond donors (Lipinski definition) is 5. The first kappa shape index (κ1) is 33.5. The lowest BCUT2D eigenvalue weighted by atomic mass is 9.70. The molecule has 2 aromatic carbocycles. The predicted molar refractivity (Wildman–Crippen MR) is 169 cm³/mol. The van der Waals surface area contributed by atoms with Crippen LogP contribution in [0.15, 0.2) is 60.8 Å². The fourth-order valence-electron chi connectivity index (χ4n) is 7.09. The smallest absolute Gasteiger partial charge is 0.408 e. The van der Waals surface area contributed by atoms with Crippen molar-refractivity contribution in [3.8, 4) is 0 Å². The van der Waals surface area contributed by atoms with E-state index in [1.165, 1.54) is 0 Å². The molecule has 1 heterocycles. The number of alkyl carbamates (subject to hydrolysis) is 1. The van der Waals surface area contributed by atoms with E-state index in [1.807, 2.05) is 60.8 Å². The molecule has 5 rings (SSSR count). The fraction of sp³-hybridized carbons (Fsp3) is 0.471. The second-order valence-corrected chi connectivity index (χ2v) is 12.9. The Morgan fingerprint density at radius 1 is 1.00 bits per heavy atom. The van der Waals surface area contributed by atoms with E-state index >= 15 is 0 Å². The highest BCUT2D eigenvalue weighted by Gasteiger charge is 2.63. The Morgan fingerprint density at radius 2 is 1.71 bits per heavy atom. The normalized spacial score (nSPS) is 22.6. The minimum absolute atomic E-state index is 0. The summed E-state index contributed by atoms with van der Waals surface area (Å²) in [5, 5.41) is 18.5. The van der Waals surface area contributed by atoms with Crippen molar-refractivity contribution in [1.82, 2.24) is 20.9 Å². The van der Waals surface area contributed by atoms with Gasteiger partial charge in [-0.2, -0.15) is 0 Å². The molecule has 242 valence electrons. The Morgan fingerprint density at radius 3 is 2.38 bits per heavy atom. The third kappa shape index (κ3) is 7.14. The summed E-state index contributed by atoms with van der Waals surface area (Å²) in [5.74, 6) is -1.43. The van der Waals surface area contributed by atoms with E-state index in [1.54, 1.807) is 0 Å². The summed E-state index contributed by atoms with van der Waals surface area (Å²) in [6, 6.07) is 15.4. The molecule has 3 aromatic rings. The molecule has 5 atom stereocenters. The molecular formula is C34H44N4O7. The number of aliphatic carboxylic acids is 1. The minimum atomic E-state index is -1.06. The maximum Gasteiger partial charge on any atom is 0.408 e. The molecule has 3 amide bonds. The highest BCUT2D eigenvalue weighted by Crippen LogP contribution is 2.66. The Bertz CT molecular complexity index is 1520. The predicted octanol–water partition coefficient (Wildman–Crippen LogP) is 4.03. The number of carboxylic acid groups (broad SMARTS) is 1.